The molecule has 0 atom stereocenters. The first-order valence-corrected chi connectivity index (χ1v) is 5.18. The molecule has 2 aromatic rings. The lowest BCUT2D eigenvalue weighted by molar-refractivity contribution is -0.384. The molecule has 0 unspecified atom stereocenters. The van der Waals surface area contributed by atoms with Gasteiger partial charge in [0.1, 0.15) is 0 Å². The Morgan fingerprint density at radius 3 is 2.78 bits per heavy atom. The molecule has 0 aliphatic carbocycles. The zero-order valence-corrected chi connectivity index (χ0v) is 9.54. The Morgan fingerprint density at radius 2 is 2.17 bits per heavy atom. The van der Waals surface area contributed by atoms with Crippen LogP contribution in [0.2, 0.25) is 0 Å². The third kappa shape index (κ3) is 2.37. The van der Waals surface area contributed by atoms with E-state index in [1.165, 1.54) is 24.5 Å². The normalized spacial score (nSPS) is 10.1. The molecule has 1 N–H and O–H groups in total. The summed E-state index contributed by atoms with van der Waals surface area (Å²) in [5.74, 6) is -0.287. The highest BCUT2D eigenvalue weighted by Gasteiger charge is 2.13. The minimum absolute atomic E-state index is 0.0738. The van der Waals surface area contributed by atoms with Crippen LogP contribution in [0, 0.1) is 17.0 Å². The first-order chi connectivity index (χ1) is 8.58. The van der Waals surface area contributed by atoms with Crippen LogP contribution >= 0.6 is 0 Å². The summed E-state index contributed by atoms with van der Waals surface area (Å²) in [6.07, 6.45) is 1.38. The van der Waals surface area contributed by atoms with Gasteiger partial charge in [0.25, 0.3) is 11.6 Å². The minimum atomic E-state index is -0.512. The van der Waals surface area contributed by atoms with Crippen LogP contribution in [0.3, 0.4) is 0 Å². The average Bonchev–Trinajstić information content (AvgIpc) is 2.85. The van der Waals surface area contributed by atoms with Crippen molar-refractivity contribution < 1.29 is 14.1 Å². The van der Waals surface area contributed by atoms with E-state index in [0.29, 0.717) is 5.69 Å². The van der Waals surface area contributed by atoms with Crippen LogP contribution in [0.25, 0.3) is 0 Å². The zero-order chi connectivity index (χ0) is 13.1. The maximum atomic E-state index is 11.7. The molecular formula is C12H10N2O4. The van der Waals surface area contributed by atoms with E-state index in [-0.39, 0.29) is 11.4 Å². The van der Waals surface area contributed by atoms with Gasteiger partial charge in [-0.25, -0.2) is 0 Å². The van der Waals surface area contributed by atoms with Gasteiger partial charge >= 0.3 is 0 Å². The van der Waals surface area contributed by atoms with Crippen molar-refractivity contribution in [2.24, 2.45) is 0 Å². The van der Waals surface area contributed by atoms with E-state index in [1.807, 2.05) is 0 Å². The van der Waals surface area contributed by atoms with Gasteiger partial charge in [-0.05, 0) is 24.6 Å². The van der Waals surface area contributed by atoms with Gasteiger partial charge in [-0.1, -0.05) is 6.07 Å². The monoisotopic (exact) mass is 246 g/mol. The SMILES string of the molecule is Cc1ccc([N+](=O)[O-])cc1NC(=O)c1ccco1. The Bertz CT molecular complexity index is 590. The van der Waals surface area contributed by atoms with Crippen molar-refractivity contribution in [3.8, 4) is 0 Å². The number of non-ortho nitro benzene ring substituents is 1. The van der Waals surface area contributed by atoms with Crippen molar-refractivity contribution in [1.29, 1.82) is 0 Å². The number of rotatable bonds is 3. The second-order valence-electron chi connectivity index (χ2n) is 3.69. The van der Waals surface area contributed by atoms with Crippen LogP contribution < -0.4 is 5.32 Å². The quantitative estimate of drug-likeness (QED) is 0.666. The van der Waals surface area contributed by atoms with Gasteiger partial charge in [0.05, 0.1) is 16.9 Å². The molecule has 92 valence electrons. The van der Waals surface area contributed by atoms with E-state index in [2.05, 4.69) is 5.32 Å². The van der Waals surface area contributed by atoms with E-state index in [9.17, 15) is 14.9 Å². The lowest BCUT2D eigenvalue weighted by atomic mass is 10.2. The number of hydrogen-bond donors (Lipinski definition) is 1. The molecule has 0 aliphatic heterocycles. The molecule has 0 fully saturated rings. The van der Waals surface area contributed by atoms with Crippen LogP contribution in [0.1, 0.15) is 16.1 Å². The average molecular weight is 246 g/mol. The summed E-state index contributed by atoms with van der Waals surface area (Å²) in [4.78, 5) is 21.9. The standard InChI is InChI=1S/C12H10N2O4/c1-8-4-5-9(14(16)17)7-10(8)13-12(15)11-3-2-6-18-11/h2-7H,1H3,(H,13,15). The summed E-state index contributed by atoms with van der Waals surface area (Å²) in [6.45, 7) is 1.75. The highest BCUT2D eigenvalue weighted by molar-refractivity contribution is 6.02. The van der Waals surface area contributed by atoms with Gasteiger partial charge in [-0.2, -0.15) is 0 Å². The third-order valence-electron chi connectivity index (χ3n) is 2.43. The number of amides is 1. The van der Waals surface area contributed by atoms with Crippen LogP contribution in [0.4, 0.5) is 11.4 Å². The van der Waals surface area contributed by atoms with Gasteiger partial charge in [-0.15, -0.1) is 0 Å². The first-order valence-electron chi connectivity index (χ1n) is 5.18. The highest BCUT2D eigenvalue weighted by atomic mass is 16.6. The van der Waals surface area contributed by atoms with Crippen molar-refractivity contribution in [1.82, 2.24) is 0 Å². The van der Waals surface area contributed by atoms with Gasteiger partial charge in [0.2, 0.25) is 0 Å². The number of nitrogens with zero attached hydrogens (tertiary/aromatic N) is 1. The predicted molar refractivity (Wildman–Crippen MR) is 64.5 cm³/mol. The van der Waals surface area contributed by atoms with Crippen LogP contribution in [-0.2, 0) is 0 Å². The van der Waals surface area contributed by atoms with Crippen molar-refractivity contribution in [2.45, 2.75) is 6.92 Å². The minimum Gasteiger partial charge on any atom is -0.459 e. The van der Waals surface area contributed by atoms with E-state index in [1.54, 1.807) is 19.1 Å². The topological polar surface area (TPSA) is 85.4 Å². The van der Waals surface area contributed by atoms with Gasteiger partial charge in [0, 0.05) is 12.1 Å². The molecule has 1 amide bonds. The second-order valence-corrected chi connectivity index (χ2v) is 3.69. The summed E-state index contributed by atoms with van der Waals surface area (Å²) < 4.78 is 4.94. The van der Waals surface area contributed by atoms with E-state index < -0.39 is 10.8 Å². The number of anilines is 1. The van der Waals surface area contributed by atoms with Gasteiger partial charge in [0.15, 0.2) is 5.76 Å². The Kier molecular flexibility index (Phi) is 3.09. The maximum Gasteiger partial charge on any atom is 0.291 e. The number of furan rings is 1. The number of carbonyl (C=O) groups excluding carboxylic acids is 1. The molecule has 6 nitrogen and oxygen atoms in total. The smallest absolute Gasteiger partial charge is 0.291 e. The predicted octanol–water partition coefficient (Wildman–Crippen LogP) is 2.75. The zero-order valence-electron chi connectivity index (χ0n) is 9.54. The van der Waals surface area contributed by atoms with E-state index >= 15 is 0 Å². The summed E-state index contributed by atoms with van der Waals surface area (Å²) in [7, 11) is 0. The molecule has 1 aromatic carbocycles. The molecular weight excluding hydrogens is 236 g/mol. The van der Waals surface area contributed by atoms with Crippen LogP contribution in [-0.4, -0.2) is 10.8 Å². The molecule has 0 saturated heterocycles. The lowest BCUT2D eigenvalue weighted by Gasteiger charge is -2.06. The Labute approximate surface area is 102 Å². The fourth-order valence-electron chi connectivity index (χ4n) is 1.45. The number of benzene rings is 1. The fraction of sp³-hybridized carbons (Fsp3) is 0.0833. The summed E-state index contributed by atoms with van der Waals surface area (Å²) in [5.41, 5.74) is 1.06. The maximum absolute atomic E-state index is 11.7. The number of aryl methyl sites for hydroxylation is 1. The molecule has 18 heavy (non-hydrogen) atoms. The summed E-state index contributed by atoms with van der Waals surface area (Å²) in [6, 6.07) is 7.39. The lowest BCUT2D eigenvalue weighted by Crippen LogP contribution is -2.12. The number of nitro benzene ring substituents is 1. The van der Waals surface area contributed by atoms with Crippen LogP contribution in [0.5, 0.6) is 0 Å². The first kappa shape index (κ1) is 11.8. The molecule has 0 saturated carbocycles. The molecule has 0 bridgehead atoms. The number of carbonyl (C=O) groups is 1. The number of nitro groups is 1. The van der Waals surface area contributed by atoms with Gasteiger partial charge < -0.3 is 9.73 Å². The summed E-state index contributed by atoms with van der Waals surface area (Å²) >= 11 is 0. The van der Waals surface area contributed by atoms with Crippen molar-refractivity contribution in [3.05, 3.63) is 58.0 Å². The number of nitrogens with one attached hydrogen (secondary N) is 1. The molecule has 6 heteroatoms. The van der Waals surface area contributed by atoms with E-state index in [4.69, 9.17) is 4.42 Å². The Hall–Kier alpha value is -2.63. The van der Waals surface area contributed by atoms with Crippen molar-refractivity contribution >= 4 is 17.3 Å². The number of hydrogen-bond acceptors (Lipinski definition) is 4. The largest absolute Gasteiger partial charge is 0.459 e. The van der Waals surface area contributed by atoms with Crippen molar-refractivity contribution in [2.75, 3.05) is 5.32 Å². The molecule has 1 heterocycles. The third-order valence-corrected chi connectivity index (χ3v) is 2.43. The highest BCUT2D eigenvalue weighted by Crippen LogP contribution is 2.22. The Morgan fingerprint density at radius 1 is 1.39 bits per heavy atom. The molecule has 2 rings (SSSR count). The fourth-order valence-corrected chi connectivity index (χ4v) is 1.45. The molecule has 0 spiro atoms. The van der Waals surface area contributed by atoms with Crippen LogP contribution in [0.15, 0.2) is 41.0 Å². The molecule has 1 aromatic heterocycles. The van der Waals surface area contributed by atoms with Crippen molar-refractivity contribution in [3.63, 3.8) is 0 Å². The summed E-state index contributed by atoms with van der Waals surface area (Å²) in [5, 5.41) is 13.2. The molecule has 0 radical (unpaired) electrons. The molecule has 0 aliphatic rings. The second kappa shape index (κ2) is 4.70. The Balaban J connectivity index is 2.26. The van der Waals surface area contributed by atoms with E-state index in [0.717, 1.165) is 5.56 Å². The van der Waals surface area contributed by atoms with Gasteiger partial charge in [-0.3, -0.25) is 14.9 Å².